The molecule has 2 heterocycles. The van der Waals surface area contributed by atoms with Gasteiger partial charge >= 0.3 is 0 Å². The van der Waals surface area contributed by atoms with Gasteiger partial charge in [-0.05, 0) is 35.7 Å². The zero-order valence-corrected chi connectivity index (χ0v) is 16.6. The first-order valence-corrected chi connectivity index (χ1v) is 10.1. The number of aliphatic hydroxyl groups excluding tert-OH is 1. The number of hydrogen-bond acceptors (Lipinski definition) is 3. The Balaban J connectivity index is 1.54. The highest BCUT2D eigenvalue weighted by Crippen LogP contribution is 2.27. The number of nitrogens with one attached hydrogen (secondary N) is 1. The third kappa shape index (κ3) is 4.07. The molecule has 1 unspecified atom stereocenters. The van der Waals surface area contributed by atoms with Gasteiger partial charge in [0, 0.05) is 43.2 Å². The molecule has 156 valence electrons. The van der Waals surface area contributed by atoms with E-state index in [9.17, 15) is 19.1 Å². The van der Waals surface area contributed by atoms with Crippen LogP contribution in [-0.2, 0) is 22.7 Å². The first-order valence-electron chi connectivity index (χ1n) is 10.1. The van der Waals surface area contributed by atoms with E-state index in [4.69, 9.17) is 0 Å². The number of rotatable bonds is 7. The fraction of sp³-hybridized carbons (Fsp3) is 0.304. The predicted molar refractivity (Wildman–Crippen MR) is 111 cm³/mol. The Bertz CT molecular complexity index is 1050. The lowest BCUT2D eigenvalue weighted by Gasteiger charge is -2.30. The Labute approximate surface area is 173 Å². The summed E-state index contributed by atoms with van der Waals surface area (Å²) < 4.78 is 13.2. The number of H-pyrrole nitrogens is 1. The summed E-state index contributed by atoms with van der Waals surface area (Å²) in [6.45, 7) is 0.575. The van der Waals surface area contributed by atoms with Crippen LogP contribution in [0.4, 0.5) is 4.39 Å². The number of aliphatic hydroxyl groups is 1. The molecule has 4 rings (SSSR count). The van der Waals surface area contributed by atoms with Gasteiger partial charge in [0.15, 0.2) is 0 Å². The fourth-order valence-corrected chi connectivity index (χ4v) is 4.04. The van der Waals surface area contributed by atoms with Crippen molar-refractivity contribution < 1.29 is 19.1 Å². The number of aromatic nitrogens is 1. The lowest BCUT2D eigenvalue weighted by molar-refractivity contribution is -0.142. The van der Waals surface area contributed by atoms with Crippen molar-refractivity contribution in [2.75, 3.05) is 13.2 Å². The topological polar surface area (TPSA) is 76.6 Å². The van der Waals surface area contributed by atoms with Gasteiger partial charge in [-0.15, -0.1) is 0 Å². The van der Waals surface area contributed by atoms with E-state index in [1.807, 2.05) is 30.5 Å². The molecule has 0 saturated carbocycles. The lowest BCUT2D eigenvalue weighted by Crippen LogP contribution is -2.47. The van der Waals surface area contributed by atoms with E-state index in [1.165, 1.54) is 12.1 Å². The van der Waals surface area contributed by atoms with Crippen molar-refractivity contribution in [2.45, 2.75) is 32.0 Å². The van der Waals surface area contributed by atoms with Crippen molar-refractivity contribution in [1.29, 1.82) is 0 Å². The summed E-state index contributed by atoms with van der Waals surface area (Å²) in [4.78, 5) is 32.3. The third-order valence-corrected chi connectivity index (χ3v) is 5.60. The van der Waals surface area contributed by atoms with Gasteiger partial charge in [0.1, 0.15) is 11.9 Å². The molecule has 1 fully saturated rings. The number of fused-ring (bicyclic) bond motifs is 1. The van der Waals surface area contributed by atoms with E-state index in [2.05, 4.69) is 4.98 Å². The van der Waals surface area contributed by atoms with Crippen molar-refractivity contribution in [3.63, 3.8) is 0 Å². The van der Waals surface area contributed by atoms with Crippen molar-refractivity contribution in [3.8, 4) is 0 Å². The van der Waals surface area contributed by atoms with Gasteiger partial charge in [-0.25, -0.2) is 4.39 Å². The summed E-state index contributed by atoms with van der Waals surface area (Å²) in [6.07, 6.45) is 2.65. The summed E-state index contributed by atoms with van der Waals surface area (Å²) in [5.74, 6) is -0.589. The van der Waals surface area contributed by atoms with Crippen LogP contribution in [0.1, 0.15) is 24.0 Å². The van der Waals surface area contributed by atoms with Crippen molar-refractivity contribution in [1.82, 2.24) is 14.8 Å². The minimum atomic E-state index is -0.571. The molecule has 30 heavy (non-hydrogen) atoms. The molecule has 3 aromatic rings. The van der Waals surface area contributed by atoms with Crippen LogP contribution >= 0.6 is 0 Å². The minimum absolute atomic E-state index is 0.0515. The molecule has 1 saturated heterocycles. The molecule has 2 amide bonds. The number of amides is 2. The maximum atomic E-state index is 13.3. The normalized spacial score (nSPS) is 16.4. The number of benzene rings is 2. The van der Waals surface area contributed by atoms with Crippen LogP contribution in [0, 0.1) is 5.82 Å². The van der Waals surface area contributed by atoms with E-state index < -0.39 is 6.04 Å². The van der Waals surface area contributed by atoms with E-state index >= 15 is 0 Å². The number of nitrogens with zero attached hydrogens (tertiary/aromatic N) is 2. The monoisotopic (exact) mass is 409 g/mol. The van der Waals surface area contributed by atoms with Crippen LogP contribution in [0.3, 0.4) is 0 Å². The average molecular weight is 409 g/mol. The Morgan fingerprint density at radius 1 is 1.20 bits per heavy atom. The van der Waals surface area contributed by atoms with Gasteiger partial charge in [0.2, 0.25) is 11.8 Å². The number of hydrogen-bond donors (Lipinski definition) is 2. The highest BCUT2D eigenvalue weighted by Gasteiger charge is 2.38. The quantitative estimate of drug-likeness (QED) is 0.630. The number of carbonyl (C=O) groups is 2. The van der Waals surface area contributed by atoms with Gasteiger partial charge < -0.3 is 19.9 Å². The Hall–Kier alpha value is -3.19. The molecule has 1 aliphatic rings. The van der Waals surface area contributed by atoms with Crippen molar-refractivity contribution >= 4 is 22.7 Å². The average Bonchev–Trinajstić information content (AvgIpc) is 3.33. The zero-order chi connectivity index (χ0) is 21.1. The Kier molecular flexibility index (Phi) is 5.81. The van der Waals surface area contributed by atoms with Gasteiger partial charge in [-0.1, -0.05) is 30.3 Å². The number of likely N-dealkylation sites (tertiary alicyclic amines) is 1. The summed E-state index contributed by atoms with van der Waals surface area (Å²) >= 11 is 0. The molecule has 0 bridgehead atoms. The highest BCUT2D eigenvalue weighted by molar-refractivity contribution is 5.91. The molecule has 1 atom stereocenters. The van der Waals surface area contributed by atoms with Crippen LogP contribution < -0.4 is 0 Å². The zero-order valence-electron chi connectivity index (χ0n) is 16.6. The van der Waals surface area contributed by atoms with Crippen LogP contribution in [0.25, 0.3) is 10.9 Å². The van der Waals surface area contributed by atoms with Crippen molar-refractivity contribution in [2.24, 2.45) is 0 Å². The molecule has 1 aromatic heterocycles. The van der Waals surface area contributed by atoms with E-state index in [1.54, 1.807) is 21.9 Å². The third-order valence-electron chi connectivity index (χ3n) is 5.60. The Morgan fingerprint density at radius 2 is 1.97 bits per heavy atom. The van der Waals surface area contributed by atoms with Gasteiger partial charge in [-0.3, -0.25) is 9.59 Å². The molecule has 1 aliphatic heterocycles. The summed E-state index contributed by atoms with van der Waals surface area (Å²) in [7, 11) is 0. The molecule has 6 nitrogen and oxygen atoms in total. The number of aromatic amines is 1. The van der Waals surface area contributed by atoms with E-state index in [0.29, 0.717) is 19.4 Å². The molecule has 2 aromatic carbocycles. The second-order valence-electron chi connectivity index (χ2n) is 7.55. The molecular weight excluding hydrogens is 385 g/mol. The second-order valence-corrected chi connectivity index (χ2v) is 7.55. The number of carbonyl (C=O) groups excluding carboxylic acids is 2. The number of halogens is 1. The minimum Gasteiger partial charge on any atom is -0.395 e. The molecule has 2 N–H and O–H groups in total. The fourth-order valence-electron chi connectivity index (χ4n) is 4.04. The maximum absolute atomic E-state index is 13.3. The molecule has 0 spiro atoms. The highest BCUT2D eigenvalue weighted by atomic mass is 19.1. The second kappa shape index (κ2) is 8.67. The largest absolute Gasteiger partial charge is 0.395 e. The van der Waals surface area contributed by atoms with Gasteiger partial charge in [0.05, 0.1) is 6.61 Å². The smallest absolute Gasteiger partial charge is 0.245 e. The molecule has 0 aliphatic carbocycles. The summed E-state index contributed by atoms with van der Waals surface area (Å²) in [6, 6.07) is 13.2. The predicted octanol–water partition coefficient (Wildman–Crippen LogP) is 2.82. The molecule has 7 heteroatoms. The van der Waals surface area contributed by atoms with Crippen LogP contribution in [0.15, 0.2) is 54.7 Å². The standard InChI is InChI=1S/C23H24FN3O3/c24-18-7-5-16(6-8-18)14-26(11-12-28)23(30)21-9-10-22(29)27(21)15-17-13-25-20-4-2-1-3-19(17)20/h1-8,13,21,25,28H,9-12,14-15H2. The van der Waals surface area contributed by atoms with Crippen molar-refractivity contribution in [3.05, 3.63) is 71.7 Å². The molecule has 0 radical (unpaired) electrons. The lowest BCUT2D eigenvalue weighted by atomic mass is 10.1. The first-order chi connectivity index (χ1) is 14.6. The molecular formula is C23H24FN3O3. The van der Waals surface area contributed by atoms with Crippen LogP contribution in [0.5, 0.6) is 0 Å². The SMILES string of the molecule is O=C(C1CCC(=O)N1Cc1c[nH]c2ccccc12)N(CCO)Cc1ccc(F)cc1. The first kappa shape index (κ1) is 20.1. The van der Waals surface area contributed by atoms with Crippen LogP contribution in [-0.4, -0.2) is 50.9 Å². The Morgan fingerprint density at radius 3 is 2.73 bits per heavy atom. The van der Waals surface area contributed by atoms with E-state index in [-0.39, 0.29) is 37.3 Å². The van der Waals surface area contributed by atoms with E-state index in [0.717, 1.165) is 22.0 Å². The number of para-hydroxylation sites is 1. The van der Waals surface area contributed by atoms with Gasteiger partial charge in [-0.2, -0.15) is 0 Å². The van der Waals surface area contributed by atoms with Crippen LogP contribution in [0.2, 0.25) is 0 Å². The van der Waals surface area contributed by atoms with Gasteiger partial charge in [0.25, 0.3) is 0 Å². The maximum Gasteiger partial charge on any atom is 0.245 e. The summed E-state index contributed by atoms with van der Waals surface area (Å²) in [5, 5.41) is 10.5. The summed E-state index contributed by atoms with van der Waals surface area (Å²) in [5.41, 5.74) is 2.72.